The fourth-order valence-corrected chi connectivity index (χ4v) is 3.50. The highest BCUT2D eigenvalue weighted by Gasteiger charge is 2.34. The average molecular weight is 250 g/mol. The fraction of sp³-hybridized carbons (Fsp3) is 0.875. The van der Waals surface area contributed by atoms with Crippen molar-refractivity contribution in [1.82, 2.24) is 10.2 Å². The average Bonchev–Trinajstić information content (AvgIpc) is 2.80. The largest absolute Gasteiger partial charge is 0.311 e. The Bertz CT molecular complexity index is 275. The van der Waals surface area contributed by atoms with Crippen LogP contribution in [0.2, 0.25) is 0 Å². The van der Waals surface area contributed by atoms with Gasteiger partial charge in [-0.1, -0.05) is 39.8 Å². The first-order chi connectivity index (χ1) is 8.58. The van der Waals surface area contributed by atoms with Crippen LogP contribution in [-0.4, -0.2) is 36.1 Å². The van der Waals surface area contributed by atoms with E-state index in [0.717, 1.165) is 23.9 Å². The van der Waals surface area contributed by atoms with Gasteiger partial charge in [0, 0.05) is 31.2 Å². The van der Waals surface area contributed by atoms with E-state index in [0.29, 0.717) is 6.04 Å². The van der Waals surface area contributed by atoms with Crippen LogP contribution < -0.4 is 5.32 Å². The third kappa shape index (κ3) is 3.36. The van der Waals surface area contributed by atoms with Gasteiger partial charge in [-0.3, -0.25) is 4.90 Å². The Hall–Kier alpha value is -0.340. The molecule has 0 radical (unpaired) electrons. The first kappa shape index (κ1) is 14.1. The van der Waals surface area contributed by atoms with Crippen molar-refractivity contribution in [2.75, 3.05) is 13.1 Å². The lowest BCUT2D eigenvalue weighted by molar-refractivity contribution is 0.0554. The molecule has 2 unspecified atom stereocenters. The Morgan fingerprint density at radius 2 is 1.83 bits per heavy atom. The normalized spacial score (nSPS) is 30.8. The van der Waals surface area contributed by atoms with Gasteiger partial charge in [0.2, 0.25) is 0 Å². The van der Waals surface area contributed by atoms with Crippen LogP contribution in [0.1, 0.15) is 47.0 Å². The third-order valence-electron chi connectivity index (χ3n) is 4.45. The molecule has 0 saturated carbocycles. The number of nitrogens with one attached hydrogen (secondary N) is 1. The summed E-state index contributed by atoms with van der Waals surface area (Å²) in [5.74, 6) is 1.54. The molecule has 18 heavy (non-hydrogen) atoms. The fourth-order valence-electron chi connectivity index (χ4n) is 3.50. The molecule has 0 aromatic rings. The zero-order valence-corrected chi connectivity index (χ0v) is 12.5. The monoisotopic (exact) mass is 250 g/mol. The van der Waals surface area contributed by atoms with E-state index >= 15 is 0 Å². The first-order valence-corrected chi connectivity index (χ1v) is 7.72. The molecule has 104 valence electrons. The van der Waals surface area contributed by atoms with Gasteiger partial charge < -0.3 is 5.32 Å². The Kier molecular flexibility index (Phi) is 4.85. The molecule has 1 aliphatic heterocycles. The molecular weight excluding hydrogens is 220 g/mol. The molecule has 2 rings (SSSR count). The second-order valence-corrected chi connectivity index (χ2v) is 6.84. The van der Waals surface area contributed by atoms with E-state index in [9.17, 15) is 0 Å². The van der Waals surface area contributed by atoms with Gasteiger partial charge in [0.05, 0.1) is 0 Å². The molecule has 2 nitrogen and oxygen atoms in total. The summed E-state index contributed by atoms with van der Waals surface area (Å²) in [5, 5.41) is 3.77. The highest BCUT2D eigenvalue weighted by molar-refractivity contribution is 5.02. The molecule has 1 saturated heterocycles. The van der Waals surface area contributed by atoms with Crippen molar-refractivity contribution in [3.63, 3.8) is 0 Å². The van der Waals surface area contributed by atoms with Crippen LogP contribution in [0.5, 0.6) is 0 Å². The lowest BCUT2D eigenvalue weighted by Gasteiger charge is -2.46. The van der Waals surface area contributed by atoms with E-state index in [1.165, 1.54) is 32.4 Å². The zero-order chi connectivity index (χ0) is 13.1. The summed E-state index contributed by atoms with van der Waals surface area (Å²) in [7, 11) is 0. The number of hydrogen-bond acceptors (Lipinski definition) is 2. The predicted octanol–water partition coefficient (Wildman–Crippen LogP) is 3.05. The topological polar surface area (TPSA) is 15.3 Å². The van der Waals surface area contributed by atoms with Crippen molar-refractivity contribution in [3.05, 3.63) is 12.2 Å². The van der Waals surface area contributed by atoms with Gasteiger partial charge in [-0.2, -0.15) is 0 Å². The van der Waals surface area contributed by atoms with E-state index in [4.69, 9.17) is 0 Å². The molecule has 0 bridgehead atoms. The van der Waals surface area contributed by atoms with Crippen molar-refractivity contribution in [2.24, 2.45) is 11.8 Å². The Morgan fingerprint density at radius 1 is 1.17 bits per heavy atom. The van der Waals surface area contributed by atoms with Crippen LogP contribution in [0.4, 0.5) is 0 Å². The van der Waals surface area contributed by atoms with E-state index in [1.54, 1.807) is 0 Å². The van der Waals surface area contributed by atoms with Gasteiger partial charge in [-0.05, 0) is 31.1 Å². The van der Waals surface area contributed by atoms with Crippen LogP contribution in [-0.2, 0) is 0 Å². The smallest absolute Gasteiger partial charge is 0.0247 e. The molecule has 2 heteroatoms. The molecule has 1 heterocycles. The molecule has 1 N–H and O–H groups in total. The SMILES string of the molecule is CC(C)CC1CN(C2CC=CC2)C(C(C)C)CN1. The van der Waals surface area contributed by atoms with Crippen LogP contribution in [0.15, 0.2) is 12.2 Å². The van der Waals surface area contributed by atoms with Crippen molar-refractivity contribution in [2.45, 2.75) is 65.1 Å². The van der Waals surface area contributed by atoms with Gasteiger partial charge in [-0.25, -0.2) is 0 Å². The summed E-state index contributed by atoms with van der Waals surface area (Å²) in [6, 6.07) is 2.19. The zero-order valence-electron chi connectivity index (χ0n) is 12.5. The summed E-state index contributed by atoms with van der Waals surface area (Å²) in [5.41, 5.74) is 0. The van der Waals surface area contributed by atoms with Crippen molar-refractivity contribution < 1.29 is 0 Å². The second kappa shape index (κ2) is 6.21. The Labute approximate surface area is 113 Å². The van der Waals surface area contributed by atoms with Gasteiger partial charge in [0.25, 0.3) is 0 Å². The first-order valence-electron chi connectivity index (χ1n) is 7.72. The van der Waals surface area contributed by atoms with E-state index in [1.807, 2.05) is 0 Å². The van der Waals surface area contributed by atoms with Crippen LogP contribution in [0.3, 0.4) is 0 Å². The maximum Gasteiger partial charge on any atom is 0.0247 e. The van der Waals surface area contributed by atoms with Crippen molar-refractivity contribution in [3.8, 4) is 0 Å². The lowest BCUT2D eigenvalue weighted by Crippen LogP contribution is -2.60. The number of rotatable bonds is 4. The molecule has 0 aromatic carbocycles. The van der Waals surface area contributed by atoms with E-state index in [2.05, 4.69) is 50.1 Å². The van der Waals surface area contributed by atoms with Crippen LogP contribution >= 0.6 is 0 Å². The van der Waals surface area contributed by atoms with Gasteiger partial charge in [0.15, 0.2) is 0 Å². The van der Waals surface area contributed by atoms with Gasteiger partial charge in [0.1, 0.15) is 0 Å². The Balaban J connectivity index is 1.98. The van der Waals surface area contributed by atoms with E-state index in [-0.39, 0.29) is 0 Å². The molecule has 1 fully saturated rings. The molecule has 0 aromatic heterocycles. The molecule has 1 aliphatic carbocycles. The van der Waals surface area contributed by atoms with Crippen molar-refractivity contribution >= 4 is 0 Å². The quantitative estimate of drug-likeness (QED) is 0.772. The molecule has 0 spiro atoms. The number of piperazine rings is 1. The Morgan fingerprint density at radius 3 is 2.39 bits per heavy atom. The standard InChI is InChI=1S/C16H30N2/c1-12(2)9-14-11-18(15-7-5-6-8-15)16(10-17-14)13(3)4/h5-6,12-17H,7-11H2,1-4H3. The third-order valence-corrected chi connectivity index (χ3v) is 4.45. The molecule has 0 amide bonds. The molecule has 2 atom stereocenters. The van der Waals surface area contributed by atoms with Crippen LogP contribution in [0, 0.1) is 11.8 Å². The molecule has 2 aliphatic rings. The van der Waals surface area contributed by atoms with Crippen LogP contribution in [0.25, 0.3) is 0 Å². The summed E-state index contributed by atoms with van der Waals surface area (Å²) in [6.45, 7) is 11.8. The summed E-state index contributed by atoms with van der Waals surface area (Å²) in [4.78, 5) is 2.80. The van der Waals surface area contributed by atoms with Gasteiger partial charge in [-0.15, -0.1) is 0 Å². The minimum atomic E-state index is 0.695. The van der Waals surface area contributed by atoms with Crippen molar-refractivity contribution in [1.29, 1.82) is 0 Å². The minimum absolute atomic E-state index is 0.695. The predicted molar refractivity (Wildman–Crippen MR) is 78.7 cm³/mol. The highest BCUT2D eigenvalue weighted by atomic mass is 15.3. The maximum atomic E-state index is 3.77. The summed E-state index contributed by atoms with van der Waals surface area (Å²) in [6.07, 6.45) is 8.56. The molecular formula is C16H30N2. The summed E-state index contributed by atoms with van der Waals surface area (Å²) < 4.78 is 0. The maximum absolute atomic E-state index is 3.77. The minimum Gasteiger partial charge on any atom is -0.311 e. The highest BCUT2D eigenvalue weighted by Crippen LogP contribution is 2.26. The van der Waals surface area contributed by atoms with E-state index < -0.39 is 0 Å². The number of hydrogen-bond donors (Lipinski definition) is 1. The number of nitrogens with zero attached hydrogens (tertiary/aromatic N) is 1. The second-order valence-electron chi connectivity index (χ2n) is 6.84. The van der Waals surface area contributed by atoms with Gasteiger partial charge >= 0.3 is 0 Å². The lowest BCUT2D eigenvalue weighted by atomic mass is 9.93. The summed E-state index contributed by atoms with van der Waals surface area (Å²) >= 11 is 0.